The molecule has 6 heteroatoms. The number of carbonyl (C=O) groups is 1. The molecule has 1 aliphatic carbocycles. The lowest BCUT2D eigenvalue weighted by Gasteiger charge is -2.25. The van der Waals surface area contributed by atoms with Gasteiger partial charge in [-0.2, -0.15) is 0 Å². The molecule has 22 heavy (non-hydrogen) atoms. The van der Waals surface area contributed by atoms with Crippen LogP contribution in [0.5, 0.6) is 0 Å². The van der Waals surface area contributed by atoms with E-state index < -0.39 is 0 Å². The predicted molar refractivity (Wildman–Crippen MR) is 102 cm³/mol. The molecule has 1 saturated carbocycles. The predicted octanol–water partition coefficient (Wildman–Crippen LogP) is 2.50. The lowest BCUT2D eigenvalue weighted by molar-refractivity contribution is -0.129. The summed E-state index contributed by atoms with van der Waals surface area (Å²) in [5.41, 5.74) is 0. The number of aliphatic imine (C=N–C) groups is 1. The first-order valence-corrected chi connectivity index (χ1v) is 8.62. The minimum atomic E-state index is 0. The third-order valence-corrected chi connectivity index (χ3v) is 4.34. The second kappa shape index (κ2) is 11.1. The molecule has 0 bridgehead atoms. The smallest absolute Gasteiger partial charge is 0.224 e. The zero-order valence-corrected chi connectivity index (χ0v) is 16.1. The van der Waals surface area contributed by atoms with E-state index in [0.29, 0.717) is 19.0 Å². The highest BCUT2D eigenvalue weighted by molar-refractivity contribution is 14.0. The Balaban J connectivity index is 0.00000242. The van der Waals surface area contributed by atoms with Crippen molar-refractivity contribution in [1.29, 1.82) is 0 Å². The van der Waals surface area contributed by atoms with Crippen LogP contribution in [0.1, 0.15) is 58.3 Å². The number of hydrogen-bond donors (Lipinski definition) is 2. The highest BCUT2D eigenvalue weighted by Gasteiger charge is 2.17. The van der Waals surface area contributed by atoms with Crippen LogP contribution in [0.2, 0.25) is 0 Å². The van der Waals surface area contributed by atoms with E-state index in [-0.39, 0.29) is 29.9 Å². The maximum absolute atomic E-state index is 12.0. The van der Waals surface area contributed by atoms with Crippen LogP contribution >= 0.6 is 24.0 Å². The molecule has 2 N–H and O–H groups in total. The van der Waals surface area contributed by atoms with Gasteiger partial charge in [0.25, 0.3) is 0 Å². The van der Waals surface area contributed by atoms with Crippen molar-refractivity contribution in [3.8, 4) is 0 Å². The molecule has 128 valence electrons. The van der Waals surface area contributed by atoms with Gasteiger partial charge in [-0.15, -0.1) is 24.0 Å². The molecular weight excluding hydrogens is 391 g/mol. The first-order chi connectivity index (χ1) is 10.3. The van der Waals surface area contributed by atoms with E-state index in [2.05, 4.69) is 22.5 Å². The van der Waals surface area contributed by atoms with Crippen LogP contribution in [0.15, 0.2) is 4.99 Å². The van der Waals surface area contributed by atoms with Gasteiger partial charge in [-0.1, -0.05) is 19.3 Å². The van der Waals surface area contributed by atoms with Crippen molar-refractivity contribution in [2.24, 2.45) is 4.99 Å². The summed E-state index contributed by atoms with van der Waals surface area (Å²) in [4.78, 5) is 18.5. The molecule has 1 amide bonds. The topological polar surface area (TPSA) is 56.7 Å². The lowest BCUT2D eigenvalue weighted by atomic mass is 9.96. The van der Waals surface area contributed by atoms with Crippen LogP contribution in [0.4, 0.5) is 0 Å². The summed E-state index contributed by atoms with van der Waals surface area (Å²) in [6.45, 7) is 5.38. The van der Waals surface area contributed by atoms with Gasteiger partial charge in [0.1, 0.15) is 0 Å². The quantitative estimate of drug-likeness (QED) is 0.407. The molecule has 0 unspecified atom stereocenters. The number of carbonyl (C=O) groups excluding carboxylic acids is 1. The molecule has 0 aromatic heterocycles. The average Bonchev–Trinajstić information content (AvgIpc) is 3.03. The summed E-state index contributed by atoms with van der Waals surface area (Å²) >= 11 is 0. The Morgan fingerprint density at radius 1 is 1.14 bits per heavy atom. The number of halogens is 1. The molecule has 1 heterocycles. The van der Waals surface area contributed by atoms with Crippen LogP contribution in [0, 0.1) is 0 Å². The molecular formula is C16H31IN4O. The summed E-state index contributed by atoms with van der Waals surface area (Å²) in [5, 5.41) is 6.80. The average molecular weight is 422 g/mol. The van der Waals surface area contributed by atoms with E-state index in [1.165, 1.54) is 32.1 Å². The summed E-state index contributed by atoms with van der Waals surface area (Å²) < 4.78 is 0. The van der Waals surface area contributed by atoms with Crippen LogP contribution in [0.25, 0.3) is 0 Å². The maximum atomic E-state index is 12.0. The van der Waals surface area contributed by atoms with Crippen LogP contribution < -0.4 is 10.6 Å². The third kappa shape index (κ3) is 6.71. The fraction of sp³-hybridized carbons (Fsp3) is 0.875. The number of nitrogens with zero attached hydrogens (tertiary/aromatic N) is 2. The van der Waals surface area contributed by atoms with E-state index in [0.717, 1.165) is 38.4 Å². The van der Waals surface area contributed by atoms with Crippen molar-refractivity contribution in [3.63, 3.8) is 0 Å². The number of likely N-dealkylation sites (tertiary alicyclic amines) is 1. The number of hydrogen-bond acceptors (Lipinski definition) is 2. The van der Waals surface area contributed by atoms with Gasteiger partial charge in [0.15, 0.2) is 5.96 Å². The normalized spacial score (nSPS) is 19.7. The Hall–Kier alpha value is -0.530. The number of amides is 1. The first kappa shape index (κ1) is 19.5. The zero-order chi connectivity index (χ0) is 14.9. The monoisotopic (exact) mass is 422 g/mol. The Labute approximate surface area is 151 Å². The SMILES string of the molecule is CCNC(=NCCC(=O)N1CCCC1)NC1CCCCC1.I. The number of guanidine groups is 1. The van der Waals surface area contributed by atoms with E-state index in [9.17, 15) is 4.79 Å². The van der Waals surface area contributed by atoms with E-state index in [1.807, 2.05) is 4.90 Å². The molecule has 1 aliphatic heterocycles. The highest BCUT2D eigenvalue weighted by atomic mass is 127. The fourth-order valence-corrected chi connectivity index (χ4v) is 3.15. The van der Waals surface area contributed by atoms with E-state index >= 15 is 0 Å². The van der Waals surface area contributed by atoms with Crippen molar-refractivity contribution >= 4 is 35.8 Å². The van der Waals surface area contributed by atoms with Gasteiger partial charge in [-0.05, 0) is 32.6 Å². The van der Waals surface area contributed by atoms with Crippen LogP contribution in [-0.4, -0.2) is 49.0 Å². The third-order valence-electron chi connectivity index (χ3n) is 4.34. The largest absolute Gasteiger partial charge is 0.357 e. The fourth-order valence-electron chi connectivity index (χ4n) is 3.15. The number of rotatable bonds is 5. The van der Waals surface area contributed by atoms with Crippen molar-refractivity contribution < 1.29 is 4.79 Å². The molecule has 2 aliphatic rings. The minimum Gasteiger partial charge on any atom is -0.357 e. The van der Waals surface area contributed by atoms with Gasteiger partial charge < -0.3 is 15.5 Å². The lowest BCUT2D eigenvalue weighted by Crippen LogP contribution is -2.44. The maximum Gasteiger partial charge on any atom is 0.224 e. The Morgan fingerprint density at radius 3 is 2.45 bits per heavy atom. The molecule has 2 rings (SSSR count). The van der Waals surface area contributed by atoms with E-state index in [4.69, 9.17) is 0 Å². The van der Waals surface area contributed by atoms with Gasteiger partial charge in [-0.3, -0.25) is 9.79 Å². The summed E-state index contributed by atoms with van der Waals surface area (Å²) in [6.07, 6.45) is 9.28. The Kier molecular flexibility index (Phi) is 9.82. The van der Waals surface area contributed by atoms with E-state index in [1.54, 1.807) is 0 Å². The van der Waals surface area contributed by atoms with Crippen molar-refractivity contribution in [2.45, 2.75) is 64.3 Å². The van der Waals surface area contributed by atoms with Gasteiger partial charge >= 0.3 is 0 Å². The molecule has 2 fully saturated rings. The van der Waals surface area contributed by atoms with Crippen molar-refractivity contribution in [3.05, 3.63) is 0 Å². The van der Waals surface area contributed by atoms with Gasteiger partial charge in [0.2, 0.25) is 5.91 Å². The second-order valence-electron chi connectivity index (χ2n) is 6.08. The molecule has 0 aromatic rings. The zero-order valence-electron chi connectivity index (χ0n) is 13.8. The Bertz CT molecular complexity index is 350. The second-order valence-corrected chi connectivity index (χ2v) is 6.08. The van der Waals surface area contributed by atoms with Crippen LogP contribution in [-0.2, 0) is 4.79 Å². The molecule has 0 radical (unpaired) electrons. The van der Waals surface area contributed by atoms with Gasteiger partial charge in [0, 0.05) is 32.1 Å². The minimum absolute atomic E-state index is 0. The summed E-state index contributed by atoms with van der Waals surface area (Å²) in [6, 6.07) is 0.547. The van der Waals surface area contributed by atoms with Crippen molar-refractivity contribution in [1.82, 2.24) is 15.5 Å². The number of nitrogens with one attached hydrogen (secondary N) is 2. The van der Waals surface area contributed by atoms with Crippen LogP contribution in [0.3, 0.4) is 0 Å². The molecule has 5 nitrogen and oxygen atoms in total. The molecule has 0 atom stereocenters. The van der Waals surface area contributed by atoms with Crippen molar-refractivity contribution in [2.75, 3.05) is 26.2 Å². The van der Waals surface area contributed by atoms with Gasteiger partial charge in [0.05, 0.1) is 6.54 Å². The Morgan fingerprint density at radius 2 is 1.82 bits per heavy atom. The summed E-state index contributed by atoms with van der Waals surface area (Å²) in [5.74, 6) is 1.13. The standard InChI is InChI=1S/C16H30N4O.HI/c1-2-17-16(19-14-8-4-3-5-9-14)18-11-10-15(21)20-12-6-7-13-20;/h14H,2-13H2,1H3,(H2,17,18,19);1H. The molecule has 0 spiro atoms. The van der Waals surface area contributed by atoms with Gasteiger partial charge in [-0.25, -0.2) is 0 Å². The molecule has 0 aromatic carbocycles. The summed E-state index contributed by atoms with van der Waals surface area (Å²) in [7, 11) is 0. The first-order valence-electron chi connectivity index (χ1n) is 8.62. The molecule has 1 saturated heterocycles. The highest BCUT2D eigenvalue weighted by Crippen LogP contribution is 2.17.